The van der Waals surface area contributed by atoms with E-state index in [1.54, 1.807) is 0 Å². The summed E-state index contributed by atoms with van der Waals surface area (Å²) in [6.07, 6.45) is 3.78. The van der Waals surface area contributed by atoms with Crippen molar-refractivity contribution in [2.24, 2.45) is 0 Å². The van der Waals surface area contributed by atoms with Gasteiger partial charge < -0.3 is 10.4 Å². The molecule has 0 aliphatic carbocycles. The second-order valence-electron chi connectivity index (χ2n) is 5.42. The maximum absolute atomic E-state index is 12.6. The number of aliphatic carboxylic acids is 1. The third-order valence-corrected chi connectivity index (χ3v) is 5.63. The van der Waals surface area contributed by atoms with Crippen LogP contribution in [-0.4, -0.2) is 49.3 Å². The van der Waals surface area contributed by atoms with E-state index in [1.165, 1.54) is 28.6 Å². The fourth-order valence-electron chi connectivity index (χ4n) is 2.47. The van der Waals surface area contributed by atoms with Gasteiger partial charge in [-0.2, -0.15) is 4.31 Å². The van der Waals surface area contributed by atoms with Gasteiger partial charge >= 0.3 is 5.97 Å². The number of nitrogens with zero attached hydrogens (tertiary/aromatic N) is 1. The van der Waals surface area contributed by atoms with Crippen molar-refractivity contribution in [3.05, 3.63) is 29.8 Å². The Morgan fingerprint density at radius 1 is 1.04 bits per heavy atom. The normalized spacial score (nSPS) is 16.5. The number of carboxylic acid groups (broad SMARTS) is 1. The van der Waals surface area contributed by atoms with Crippen molar-refractivity contribution in [1.82, 2.24) is 9.62 Å². The third kappa shape index (κ3) is 4.52. The van der Waals surface area contributed by atoms with Crippen molar-refractivity contribution < 1.29 is 23.1 Å². The molecule has 0 radical (unpaired) electrons. The molecule has 1 aromatic carbocycles. The fraction of sp³-hybridized carbons (Fsp3) is 0.467. The average molecular weight is 340 g/mol. The van der Waals surface area contributed by atoms with Gasteiger partial charge in [-0.25, -0.2) is 8.42 Å². The Morgan fingerprint density at radius 2 is 1.61 bits per heavy atom. The van der Waals surface area contributed by atoms with Crippen LogP contribution in [0.3, 0.4) is 0 Å². The molecule has 1 aliphatic rings. The molecule has 0 atom stereocenters. The molecule has 0 saturated carbocycles. The molecule has 1 amide bonds. The van der Waals surface area contributed by atoms with E-state index in [9.17, 15) is 18.0 Å². The quantitative estimate of drug-likeness (QED) is 0.834. The molecular weight excluding hydrogens is 320 g/mol. The Labute approximate surface area is 135 Å². The van der Waals surface area contributed by atoms with Crippen molar-refractivity contribution in [2.45, 2.75) is 30.6 Å². The first kappa shape index (κ1) is 17.4. The lowest BCUT2D eigenvalue weighted by Gasteiger charge is -2.20. The number of hydrogen-bond acceptors (Lipinski definition) is 4. The van der Waals surface area contributed by atoms with Gasteiger partial charge in [0.2, 0.25) is 10.0 Å². The molecule has 1 fully saturated rings. The number of hydrogen-bond donors (Lipinski definition) is 2. The van der Waals surface area contributed by atoms with E-state index in [0.717, 1.165) is 25.7 Å². The highest BCUT2D eigenvalue weighted by Gasteiger charge is 2.25. The predicted molar refractivity (Wildman–Crippen MR) is 83.6 cm³/mol. The summed E-state index contributed by atoms with van der Waals surface area (Å²) in [5.41, 5.74) is 0.223. The van der Waals surface area contributed by atoms with E-state index >= 15 is 0 Å². The molecule has 23 heavy (non-hydrogen) atoms. The van der Waals surface area contributed by atoms with Gasteiger partial charge in [-0.3, -0.25) is 9.59 Å². The second-order valence-corrected chi connectivity index (χ2v) is 7.36. The highest BCUT2D eigenvalue weighted by atomic mass is 32.2. The second kappa shape index (κ2) is 7.56. The number of nitrogens with one attached hydrogen (secondary N) is 1. The number of carbonyl (C=O) groups is 2. The smallest absolute Gasteiger partial charge is 0.322 e. The topological polar surface area (TPSA) is 104 Å². The number of amides is 1. The Morgan fingerprint density at radius 3 is 2.13 bits per heavy atom. The number of carbonyl (C=O) groups excluding carboxylic acids is 1. The fourth-order valence-corrected chi connectivity index (χ4v) is 3.98. The van der Waals surface area contributed by atoms with E-state index in [0.29, 0.717) is 13.1 Å². The van der Waals surface area contributed by atoms with Gasteiger partial charge in [-0.05, 0) is 37.1 Å². The number of sulfonamides is 1. The summed E-state index contributed by atoms with van der Waals surface area (Å²) in [5.74, 6) is -1.69. The maximum atomic E-state index is 12.6. The standard InChI is InChI=1S/C15H20N2O5S/c18-14(19)11-16-15(20)12-5-7-13(8-6-12)23(21,22)17-9-3-1-2-4-10-17/h5-8H,1-4,9-11H2,(H,16,20)(H,18,19). The first-order valence-electron chi connectivity index (χ1n) is 7.51. The van der Waals surface area contributed by atoms with E-state index in [2.05, 4.69) is 5.32 Å². The summed E-state index contributed by atoms with van der Waals surface area (Å²) < 4.78 is 26.7. The van der Waals surface area contributed by atoms with Crippen LogP contribution in [0.2, 0.25) is 0 Å². The summed E-state index contributed by atoms with van der Waals surface area (Å²) in [4.78, 5) is 22.3. The van der Waals surface area contributed by atoms with Gasteiger partial charge in [0.25, 0.3) is 5.91 Å². The Balaban J connectivity index is 2.11. The first-order chi connectivity index (χ1) is 10.9. The zero-order valence-corrected chi connectivity index (χ0v) is 13.5. The van der Waals surface area contributed by atoms with E-state index < -0.39 is 28.4 Å². The van der Waals surface area contributed by atoms with Crippen molar-refractivity contribution in [1.29, 1.82) is 0 Å². The first-order valence-corrected chi connectivity index (χ1v) is 8.95. The van der Waals surface area contributed by atoms with Crippen LogP contribution in [0.25, 0.3) is 0 Å². The van der Waals surface area contributed by atoms with Crippen LogP contribution in [-0.2, 0) is 14.8 Å². The van der Waals surface area contributed by atoms with Crippen molar-refractivity contribution >= 4 is 21.9 Å². The Kier molecular flexibility index (Phi) is 5.73. The van der Waals surface area contributed by atoms with Gasteiger partial charge in [-0.15, -0.1) is 0 Å². The molecule has 1 saturated heterocycles. The Hall–Kier alpha value is -1.93. The van der Waals surface area contributed by atoms with Crippen molar-refractivity contribution in [3.8, 4) is 0 Å². The predicted octanol–water partition coefficient (Wildman–Crippen LogP) is 1.07. The lowest BCUT2D eigenvalue weighted by molar-refractivity contribution is -0.135. The summed E-state index contributed by atoms with van der Waals surface area (Å²) in [6, 6.07) is 5.55. The molecule has 0 aromatic heterocycles. The highest BCUT2D eigenvalue weighted by Crippen LogP contribution is 2.20. The van der Waals surface area contributed by atoms with Crippen LogP contribution in [0.1, 0.15) is 36.0 Å². The minimum Gasteiger partial charge on any atom is -0.480 e. The molecule has 2 N–H and O–H groups in total. The lowest BCUT2D eigenvalue weighted by Crippen LogP contribution is -2.32. The molecule has 126 valence electrons. The molecule has 1 heterocycles. The van der Waals surface area contributed by atoms with Crippen LogP contribution in [0.15, 0.2) is 29.2 Å². The van der Waals surface area contributed by atoms with Gasteiger partial charge in [0.15, 0.2) is 0 Å². The van der Waals surface area contributed by atoms with Gasteiger partial charge in [0, 0.05) is 18.7 Å². The van der Waals surface area contributed by atoms with Crippen LogP contribution < -0.4 is 5.32 Å². The molecule has 7 nitrogen and oxygen atoms in total. The minimum absolute atomic E-state index is 0.147. The molecule has 1 aromatic rings. The largest absolute Gasteiger partial charge is 0.480 e. The number of benzene rings is 1. The molecular formula is C15H20N2O5S. The van der Waals surface area contributed by atoms with E-state index in [1.807, 2.05) is 0 Å². The molecule has 0 unspecified atom stereocenters. The molecule has 0 bridgehead atoms. The molecule has 1 aliphatic heterocycles. The van der Waals surface area contributed by atoms with Gasteiger partial charge in [0.1, 0.15) is 6.54 Å². The monoisotopic (exact) mass is 340 g/mol. The van der Waals surface area contributed by atoms with Crippen molar-refractivity contribution in [2.75, 3.05) is 19.6 Å². The Bertz CT molecular complexity index is 662. The SMILES string of the molecule is O=C(O)CNC(=O)c1ccc(S(=O)(=O)N2CCCCCC2)cc1. The summed E-state index contributed by atoms with van der Waals surface area (Å²) in [6.45, 7) is 0.555. The highest BCUT2D eigenvalue weighted by molar-refractivity contribution is 7.89. The lowest BCUT2D eigenvalue weighted by atomic mass is 10.2. The molecule has 8 heteroatoms. The van der Waals surface area contributed by atoms with Crippen LogP contribution in [0.4, 0.5) is 0 Å². The summed E-state index contributed by atoms with van der Waals surface area (Å²) in [7, 11) is -3.55. The molecule has 2 rings (SSSR count). The van der Waals surface area contributed by atoms with Crippen molar-refractivity contribution in [3.63, 3.8) is 0 Å². The number of rotatable bonds is 5. The van der Waals surface area contributed by atoms with E-state index in [-0.39, 0.29) is 10.5 Å². The number of carboxylic acids is 1. The van der Waals surface area contributed by atoms with Crippen LogP contribution in [0.5, 0.6) is 0 Å². The summed E-state index contributed by atoms with van der Waals surface area (Å²) >= 11 is 0. The molecule has 0 spiro atoms. The van der Waals surface area contributed by atoms with Crippen LogP contribution >= 0.6 is 0 Å². The maximum Gasteiger partial charge on any atom is 0.322 e. The average Bonchev–Trinajstić information content (AvgIpc) is 2.82. The zero-order chi connectivity index (χ0) is 16.9. The zero-order valence-electron chi connectivity index (χ0n) is 12.7. The third-order valence-electron chi connectivity index (χ3n) is 3.72. The van der Waals surface area contributed by atoms with Gasteiger partial charge in [-0.1, -0.05) is 12.8 Å². The minimum atomic E-state index is -3.55. The van der Waals surface area contributed by atoms with Gasteiger partial charge in [0.05, 0.1) is 4.90 Å². The van der Waals surface area contributed by atoms with Crippen LogP contribution in [0, 0.1) is 0 Å². The summed E-state index contributed by atoms with van der Waals surface area (Å²) in [5, 5.41) is 10.8. The van der Waals surface area contributed by atoms with E-state index in [4.69, 9.17) is 5.11 Å².